The summed E-state index contributed by atoms with van der Waals surface area (Å²) in [6.45, 7) is -0.311. The molecule has 0 spiro atoms. The molecule has 0 saturated carbocycles. The Morgan fingerprint density at radius 3 is 2.55 bits per heavy atom. The summed E-state index contributed by atoms with van der Waals surface area (Å²) < 4.78 is 7.44. The Kier molecular flexibility index (Phi) is 5.60. The SMILES string of the molecule is COc1ccc(NC(=O)Cn2ccn(-c3cccc4ccccc34)c(=O)c2=O)cc1Cl. The number of hydrogen-bond acceptors (Lipinski definition) is 4. The van der Waals surface area contributed by atoms with Crippen LogP contribution in [0.3, 0.4) is 0 Å². The van der Waals surface area contributed by atoms with Gasteiger partial charge < -0.3 is 10.1 Å². The van der Waals surface area contributed by atoms with E-state index < -0.39 is 17.0 Å². The summed E-state index contributed by atoms with van der Waals surface area (Å²) in [5.41, 5.74) is -0.477. The Labute approximate surface area is 182 Å². The first-order chi connectivity index (χ1) is 15.0. The van der Waals surface area contributed by atoms with E-state index in [9.17, 15) is 14.4 Å². The van der Waals surface area contributed by atoms with Gasteiger partial charge in [0.25, 0.3) is 0 Å². The number of halogens is 1. The second-order valence-electron chi connectivity index (χ2n) is 6.80. The molecular formula is C23H18ClN3O4. The normalized spacial score (nSPS) is 10.8. The van der Waals surface area contributed by atoms with Gasteiger partial charge in [-0.2, -0.15) is 0 Å². The van der Waals surface area contributed by atoms with Crippen molar-refractivity contribution in [3.63, 3.8) is 0 Å². The first kappa shape index (κ1) is 20.4. The average Bonchev–Trinajstić information content (AvgIpc) is 2.77. The lowest BCUT2D eigenvalue weighted by Crippen LogP contribution is -2.41. The molecule has 1 aromatic heterocycles. The van der Waals surface area contributed by atoms with Crippen LogP contribution in [0.1, 0.15) is 0 Å². The van der Waals surface area contributed by atoms with Crippen molar-refractivity contribution in [1.82, 2.24) is 9.13 Å². The molecule has 0 fully saturated rings. The molecule has 7 nitrogen and oxygen atoms in total. The molecule has 4 rings (SSSR count). The van der Waals surface area contributed by atoms with Gasteiger partial charge in [0.2, 0.25) is 5.91 Å². The second-order valence-corrected chi connectivity index (χ2v) is 7.21. The molecular weight excluding hydrogens is 418 g/mol. The van der Waals surface area contributed by atoms with Gasteiger partial charge in [0, 0.05) is 23.5 Å². The van der Waals surface area contributed by atoms with Crippen LogP contribution in [0.5, 0.6) is 5.75 Å². The molecule has 0 aliphatic rings. The first-order valence-corrected chi connectivity index (χ1v) is 9.79. The highest BCUT2D eigenvalue weighted by molar-refractivity contribution is 6.32. The van der Waals surface area contributed by atoms with Crippen LogP contribution >= 0.6 is 11.6 Å². The number of hydrogen-bond donors (Lipinski definition) is 1. The molecule has 0 atom stereocenters. The van der Waals surface area contributed by atoms with E-state index in [0.717, 1.165) is 15.3 Å². The standard InChI is InChI=1S/C23H18ClN3O4/c1-31-20-10-9-16(13-18(20)24)25-21(28)14-26-11-12-27(23(30)22(26)29)19-8-4-6-15-5-2-3-7-17(15)19/h2-13H,14H2,1H3,(H,25,28). The zero-order chi connectivity index (χ0) is 22.0. The van der Waals surface area contributed by atoms with E-state index in [-0.39, 0.29) is 6.54 Å². The van der Waals surface area contributed by atoms with Crippen LogP contribution < -0.4 is 21.2 Å². The van der Waals surface area contributed by atoms with Crippen LogP contribution in [0.15, 0.2) is 82.6 Å². The van der Waals surface area contributed by atoms with Crippen LogP contribution in [0.4, 0.5) is 5.69 Å². The maximum atomic E-state index is 12.8. The van der Waals surface area contributed by atoms with E-state index in [0.29, 0.717) is 22.1 Å². The number of carbonyl (C=O) groups is 1. The lowest BCUT2D eigenvalue weighted by atomic mass is 10.1. The number of ether oxygens (including phenoxy) is 1. The van der Waals surface area contributed by atoms with Gasteiger partial charge in [-0.25, -0.2) is 0 Å². The summed E-state index contributed by atoms with van der Waals surface area (Å²) in [6.07, 6.45) is 2.91. The molecule has 31 heavy (non-hydrogen) atoms. The molecule has 0 bridgehead atoms. The molecule has 0 unspecified atom stereocenters. The van der Waals surface area contributed by atoms with Crippen molar-refractivity contribution >= 4 is 34.0 Å². The Bertz CT molecular complexity index is 1400. The van der Waals surface area contributed by atoms with Crippen molar-refractivity contribution in [2.75, 3.05) is 12.4 Å². The fourth-order valence-corrected chi connectivity index (χ4v) is 3.60. The third kappa shape index (κ3) is 4.08. The maximum Gasteiger partial charge on any atom is 0.321 e. The summed E-state index contributed by atoms with van der Waals surface area (Å²) >= 11 is 6.06. The van der Waals surface area contributed by atoms with E-state index in [1.807, 2.05) is 36.4 Å². The quantitative estimate of drug-likeness (QED) is 0.487. The predicted molar refractivity (Wildman–Crippen MR) is 120 cm³/mol. The smallest absolute Gasteiger partial charge is 0.321 e. The highest BCUT2D eigenvalue weighted by Crippen LogP contribution is 2.27. The van der Waals surface area contributed by atoms with Crippen molar-refractivity contribution < 1.29 is 9.53 Å². The lowest BCUT2D eigenvalue weighted by molar-refractivity contribution is -0.116. The molecule has 8 heteroatoms. The Hall–Kier alpha value is -3.84. The number of amides is 1. The van der Waals surface area contributed by atoms with Crippen molar-refractivity contribution in [1.29, 1.82) is 0 Å². The third-order valence-electron chi connectivity index (χ3n) is 4.83. The average molecular weight is 436 g/mol. The van der Waals surface area contributed by atoms with Gasteiger partial charge in [-0.05, 0) is 29.7 Å². The zero-order valence-electron chi connectivity index (χ0n) is 16.5. The predicted octanol–water partition coefficient (Wildman–Crippen LogP) is 3.45. The van der Waals surface area contributed by atoms with Gasteiger partial charge in [-0.3, -0.25) is 23.5 Å². The Morgan fingerprint density at radius 1 is 1.00 bits per heavy atom. The molecule has 1 N–H and O–H groups in total. The molecule has 3 aromatic carbocycles. The van der Waals surface area contributed by atoms with E-state index in [2.05, 4.69) is 5.32 Å². The van der Waals surface area contributed by atoms with Crippen LogP contribution in [-0.2, 0) is 11.3 Å². The summed E-state index contributed by atoms with van der Waals surface area (Å²) in [5.74, 6) is 0.0126. The minimum Gasteiger partial charge on any atom is -0.495 e. The number of nitrogens with zero attached hydrogens (tertiary/aromatic N) is 2. The van der Waals surface area contributed by atoms with Crippen LogP contribution in [0.25, 0.3) is 16.5 Å². The molecule has 156 valence electrons. The van der Waals surface area contributed by atoms with Gasteiger partial charge >= 0.3 is 11.1 Å². The second kappa shape index (κ2) is 8.49. The van der Waals surface area contributed by atoms with Gasteiger partial charge in [0.1, 0.15) is 12.3 Å². The first-order valence-electron chi connectivity index (χ1n) is 9.41. The van der Waals surface area contributed by atoms with Crippen LogP contribution in [-0.4, -0.2) is 22.2 Å². The molecule has 0 aliphatic carbocycles. The molecule has 0 saturated heterocycles. The van der Waals surface area contributed by atoms with Gasteiger partial charge in [-0.15, -0.1) is 0 Å². The molecule has 4 aromatic rings. The third-order valence-corrected chi connectivity index (χ3v) is 5.13. The summed E-state index contributed by atoms with van der Waals surface area (Å²) in [4.78, 5) is 37.8. The number of benzene rings is 3. The molecule has 1 amide bonds. The highest BCUT2D eigenvalue weighted by atomic mass is 35.5. The number of nitrogens with one attached hydrogen (secondary N) is 1. The lowest BCUT2D eigenvalue weighted by Gasteiger charge is -2.12. The van der Waals surface area contributed by atoms with Crippen molar-refractivity contribution in [2.24, 2.45) is 0 Å². The topological polar surface area (TPSA) is 82.3 Å². The maximum absolute atomic E-state index is 12.8. The highest BCUT2D eigenvalue weighted by Gasteiger charge is 2.12. The summed E-state index contributed by atoms with van der Waals surface area (Å²) in [5, 5.41) is 4.79. The van der Waals surface area contributed by atoms with Crippen molar-refractivity contribution in [2.45, 2.75) is 6.54 Å². The molecule has 0 aliphatic heterocycles. The number of methoxy groups -OCH3 is 1. The number of fused-ring (bicyclic) bond motifs is 1. The number of carbonyl (C=O) groups excluding carboxylic acids is 1. The van der Waals surface area contributed by atoms with Crippen molar-refractivity contribution in [3.8, 4) is 11.4 Å². The number of aromatic nitrogens is 2. The minimum absolute atomic E-state index is 0.311. The van der Waals surface area contributed by atoms with Gasteiger partial charge in [0.15, 0.2) is 0 Å². The van der Waals surface area contributed by atoms with Crippen molar-refractivity contribution in [3.05, 3.63) is 98.8 Å². The van der Waals surface area contributed by atoms with Crippen LogP contribution in [0, 0.1) is 0 Å². The van der Waals surface area contributed by atoms with Crippen LogP contribution in [0.2, 0.25) is 5.02 Å². The van der Waals surface area contributed by atoms with Gasteiger partial charge in [0.05, 0.1) is 17.8 Å². The summed E-state index contributed by atoms with van der Waals surface area (Å²) in [6, 6.07) is 17.9. The summed E-state index contributed by atoms with van der Waals surface area (Å²) in [7, 11) is 1.49. The number of rotatable bonds is 5. The Morgan fingerprint density at radius 2 is 1.77 bits per heavy atom. The van der Waals surface area contributed by atoms with E-state index in [1.54, 1.807) is 24.3 Å². The minimum atomic E-state index is -0.793. The molecule has 1 heterocycles. The Balaban J connectivity index is 1.60. The van der Waals surface area contributed by atoms with Gasteiger partial charge in [-0.1, -0.05) is 48.0 Å². The largest absolute Gasteiger partial charge is 0.495 e. The van der Waals surface area contributed by atoms with E-state index in [4.69, 9.17) is 16.3 Å². The molecule has 0 radical (unpaired) electrons. The fraction of sp³-hybridized carbons (Fsp3) is 0.0870. The monoisotopic (exact) mass is 435 g/mol. The van der Waals surface area contributed by atoms with E-state index in [1.165, 1.54) is 24.1 Å². The number of anilines is 1. The zero-order valence-corrected chi connectivity index (χ0v) is 17.3. The fourth-order valence-electron chi connectivity index (χ4n) is 3.34. The van der Waals surface area contributed by atoms with E-state index >= 15 is 0 Å².